The summed E-state index contributed by atoms with van der Waals surface area (Å²) in [5.74, 6) is -0.224. The fourth-order valence-corrected chi connectivity index (χ4v) is 1.02. The summed E-state index contributed by atoms with van der Waals surface area (Å²) >= 11 is 0. The van der Waals surface area contributed by atoms with Gasteiger partial charge in [-0.3, -0.25) is 0 Å². The van der Waals surface area contributed by atoms with E-state index in [9.17, 15) is 4.79 Å². The molecule has 0 fully saturated rings. The third-order valence-electron chi connectivity index (χ3n) is 1.82. The lowest BCUT2D eigenvalue weighted by molar-refractivity contribution is -0.139. The maximum Gasteiger partial charge on any atom is 0.333 e. The number of rotatable bonds is 7. The molecule has 0 N–H and O–H groups in total. The van der Waals surface area contributed by atoms with E-state index in [-0.39, 0.29) is 5.97 Å². The minimum Gasteiger partial charge on any atom is -0.462 e. The van der Waals surface area contributed by atoms with Crippen LogP contribution in [0.15, 0.2) is 12.2 Å². The highest BCUT2D eigenvalue weighted by atomic mass is 16.5. The summed E-state index contributed by atoms with van der Waals surface area (Å²) in [7, 11) is 0. The van der Waals surface area contributed by atoms with Crippen LogP contribution in [0.5, 0.6) is 0 Å². The second kappa shape index (κ2) is 7.84. The van der Waals surface area contributed by atoms with E-state index in [0.717, 1.165) is 32.1 Å². The first-order chi connectivity index (χ1) is 6.22. The van der Waals surface area contributed by atoms with Crippen LogP contribution in [0.1, 0.15) is 46.0 Å². The fourth-order valence-electron chi connectivity index (χ4n) is 1.02. The predicted octanol–water partition coefficient (Wildman–Crippen LogP) is 3.08. The van der Waals surface area contributed by atoms with Crippen molar-refractivity contribution in [2.75, 3.05) is 6.61 Å². The zero-order valence-electron chi connectivity index (χ0n) is 8.77. The maximum absolute atomic E-state index is 11.2. The van der Waals surface area contributed by atoms with Crippen LogP contribution in [0, 0.1) is 0 Å². The van der Waals surface area contributed by atoms with Gasteiger partial charge in [0.05, 0.1) is 6.61 Å². The highest BCUT2D eigenvalue weighted by molar-refractivity contribution is 5.87. The van der Waals surface area contributed by atoms with Crippen molar-refractivity contribution >= 4 is 5.97 Å². The van der Waals surface area contributed by atoms with Gasteiger partial charge in [-0.1, -0.05) is 39.7 Å². The lowest BCUT2D eigenvalue weighted by Gasteiger charge is -2.05. The van der Waals surface area contributed by atoms with E-state index in [0.29, 0.717) is 12.2 Å². The van der Waals surface area contributed by atoms with Crippen LogP contribution in [0.4, 0.5) is 0 Å². The molecule has 0 saturated heterocycles. The topological polar surface area (TPSA) is 26.3 Å². The smallest absolute Gasteiger partial charge is 0.333 e. The van der Waals surface area contributed by atoms with Crippen molar-refractivity contribution in [2.45, 2.75) is 46.0 Å². The summed E-state index contributed by atoms with van der Waals surface area (Å²) in [6.45, 7) is 8.35. The predicted molar refractivity (Wildman–Crippen MR) is 54.5 cm³/mol. The Labute approximate surface area is 81.0 Å². The maximum atomic E-state index is 11.2. The minimum atomic E-state index is -0.224. The zero-order valence-corrected chi connectivity index (χ0v) is 8.77. The monoisotopic (exact) mass is 184 g/mol. The van der Waals surface area contributed by atoms with Gasteiger partial charge in [-0.05, 0) is 12.8 Å². The summed E-state index contributed by atoms with van der Waals surface area (Å²) in [5.41, 5.74) is 0.596. The molecule has 0 heterocycles. The van der Waals surface area contributed by atoms with Crippen molar-refractivity contribution < 1.29 is 9.53 Å². The van der Waals surface area contributed by atoms with Gasteiger partial charge >= 0.3 is 5.97 Å². The standard InChI is InChI=1S/C11H20O2/c1-4-6-7-9-13-11(12)10(3)8-5-2/h3-9H2,1-2H3. The Bertz CT molecular complexity index is 161. The van der Waals surface area contributed by atoms with Crippen LogP contribution in [0.25, 0.3) is 0 Å². The molecule has 0 radical (unpaired) electrons. The average molecular weight is 184 g/mol. The molecule has 0 unspecified atom stereocenters. The SMILES string of the molecule is C=C(CCC)C(=O)OCCCCC. The van der Waals surface area contributed by atoms with Crippen LogP contribution in [-0.2, 0) is 9.53 Å². The molecule has 0 aromatic heterocycles. The van der Waals surface area contributed by atoms with Gasteiger partial charge in [0.2, 0.25) is 0 Å². The fraction of sp³-hybridized carbons (Fsp3) is 0.727. The first-order valence-electron chi connectivity index (χ1n) is 5.07. The molecule has 0 bridgehead atoms. The molecule has 0 amide bonds. The Balaban J connectivity index is 3.44. The highest BCUT2D eigenvalue weighted by Crippen LogP contribution is 2.04. The average Bonchev–Trinajstić information content (AvgIpc) is 2.12. The van der Waals surface area contributed by atoms with E-state index >= 15 is 0 Å². The van der Waals surface area contributed by atoms with E-state index < -0.39 is 0 Å². The third kappa shape index (κ3) is 6.38. The van der Waals surface area contributed by atoms with Gasteiger partial charge in [0.25, 0.3) is 0 Å². The minimum absolute atomic E-state index is 0.224. The number of unbranched alkanes of at least 4 members (excludes halogenated alkanes) is 2. The van der Waals surface area contributed by atoms with Gasteiger partial charge in [-0.15, -0.1) is 0 Å². The van der Waals surface area contributed by atoms with E-state index in [4.69, 9.17) is 4.74 Å². The van der Waals surface area contributed by atoms with Crippen LogP contribution >= 0.6 is 0 Å². The molecule has 0 saturated carbocycles. The second-order valence-electron chi connectivity index (χ2n) is 3.20. The second-order valence-corrected chi connectivity index (χ2v) is 3.20. The van der Waals surface area contributed by atoms with Crippen molar-refractivity contribution in [3.63, 3.8) is 0 Å². The molecular formula is C11H20O2. The summed E-state index contributed by atoms with van der Waals surface area (Å²) in [4.78, 5) is 11.2. The van der Waals surface area contributed by atoms with Crippen molar-refractivity contribution in [1.29, 1.82) is 0 Å². The number of hydrogen-bond donors (Lipinski definition) is 0. The van der Waals surface area contributed by atoms with Crippen LogP contribution < -0.4 is 0 Å². The molecule has 0 aliphatic heterocycles. The molecule has 0 aliphatic carbocycles. The summed E-state index contributed by atoms with van der Waals surface area (Å²) in [6.07, 6.45) is 4.91. The van der Waals surface area contributed by atoms with Crippen molar-refractivity contribution in [3.8, 4) is 0 Å². The number of carbonyl (C=O) groups excluding carboxylic acids is 1. The molecule has 2 nitrogen and oxygen atoms in total. The molecule has 0 aliphatic rings. The van der Waals surface area contributed by atoms with Gasteiger partial charge in [-0.2, -0.15) is 0 Å². The Morgan fingerprint density at radius 1 is 1.23 bits per heavy atom. The summed E-state index contributed by atoms with van der Waals surface area (Å²) in [6, 6.07) is 0. The Morgan fingerprint density at radius 3 is 2.46 bits per heavy atom. The Hall–Kier alpha value is -0.790. The molecule has 13 heavy (non-hydrogen) atoms. The molecule has 0 aromatic rings. The van der Waals surface area contributed by atoms with Crippen LogP contribution in [0.2, 0.25) is 0 Å². The lowest BCUT2D eigenvalue weighted by Crippen LogP contribution is -2.08. The molecule has 0 aromatic carbocycles. The van der Waals surface area contributed by atoms with Crippen molar-refractivity contribution in [1.82, 2.24) is 0 Å². The number of carbonyl (C=O) groups is 1. The largest absolute Gasteiger partial charge is 0.462 e. The Morgan fingerprint density at radius 2 is 1.92 bits per heavy atom. The van der Waals surface area contributed by atoms with Crippen LogP contribution in [0.3, 0.4) is 0 Å². The quantitative estimate of drug-likeness (QED) is 0.345. The molecule has 0 spiro atoms. The van der Waals surface area contributed by atoms with Crippen molar-refractivity contribution in [2.24, 2.45) is 0 Å². The number of ether oxygens (including phenoxy) is 1. The van der Waals surface area contributed by atoms with Gasteiger partial charge < -0.3 is 4.74 Å². The summed E-state index contributed by atoms with van der Waals surface area (Å²) < 4.78 is 5.02. The Kier molecular flexibility index (Phi) is 7.36. The first kappa shape index (κ1) is 12.2. The zero-order chi connectivity index (χ0) is 10.1. The van der Waals surface area contributed by atoms with Crippen LogP contribution in [-0.4, -0.2) is 12.6 Å². The number of hydrogen-bond acceptors (Lipinski definition) is 2. The van der Waals surface area contributed by atoms with Crippen molar-refractivity contribution in [3.05, 3.63) is 12.2 Å². The molecule has 0 rings (SSSR count). The molecular weight excluding hydrogens is 164 g/mol. The van der Waals surface area contributed by atoms with E-state index in [1.165, 1.54) is 0 Å². The number of esters is 1. The normalized spacial score (nSPS) is 9.69. The van der Waals surface area contributed by atoms with Gasteiger partial charge in [0.1, 0.15) is 0 Å². The van der Waals surface area contributed by atoms with E-state index in [1.807, 2.05) is 6.92 Å². The summed E-state index contributed by atoms with van der Waals surface area (Å²) in [5, 5.41) is 0. The lowest BCUT2D eigenvalue weighted by atomic mass is 10.2. The van der Waals surface area contributed by atoms with Gasteiger partial charge in [-0.25, -0.2) is 4.79 Å². The first-order valence-corrected chi connectivity index (χ1v) is 5.07. The van der Waals surface area contributed by atoms with Gasteiger partial charge in [0.15, 0.2) is 0 Å². The third-order valence-corrected chi connectivity index (χ3v) is 1.82. The van der Waals surface area contributed by atoms with Gasteiger partial charge in [0, 0.05) is 5.57 Å². The molecule has 2 heteroatoms. The molecule has 76 valence electrons. The van der Waals surface area contributed by atoms with E-state index in [1.54, 1.807) is 0 Å². The van der Waals surface area contributed by atoms with E-state index in [2.05, 4.69) is 13.5 Å². The molecule has 0 atom stereocenters. The highest BCUT2D eigenvalue weighted by Gasteiger charge is 2.05.